The zero-order valence-electron chi connectivity index (χ0n) is 14.0. The standard InChI is InChI=1S/C15H22N6OS/c1-10-9-13(18-19(10)4)17-14(22)20-5-7-21(8-6-20)15-16-11(2)12(3)23-15/h9H,5-8H2,1-4H3,(H,17,18,22). The summed E-state index contributed by atoms with van der Waals surface area (Å²) in [6.45, 7) is 9.08. The van der Waals surface area contributed by atoms with Gasteiger partial charge in [0.05, 0.1) is 5.69 Å². The van der Waals surface area contributed by atoms with Crippen LogP contribution in [0.5, 0.6) is 0 Å². The lowest BCUT2D eigenvalue weighted by Crippen LogP contribution is -2.50. The van der Waals surface area contributed by atoms with Crippen LogP contribution in [0.4, 0.5) is 15.7 Å². The molecule has 0 radical (unpaired) electrons. The Morgan fingerprint density at radius 3 is 2.43 bits per heavy atom. The van der Waals surface area contributed by atoms with Crippen LogP contribution in [0.2, 0.25) is 0 Å². The number of aryl methyl sites for hydroxylation is 4. The number of nitrogens with one attached hydrogen (secondary N) is 1. The molecule has 2 amide bonds. The van der Waals surface area contributed by atoms with Crippen molar-refractivity contribution in [1.82, 2.24) is 19.7 Å². The van der Waals surface area contributed by atoms with Crippen molar-refractivity contribution in [2.45, 2.75) is 20.8 Å². The maximum atomic E-state index is 12.3. The molecule has 0 unspecified atom stereocenters. The van der Waals surface area contributed by atoms with E-state index in [9.17, 15) is 4.79 Å². The molecular weight excluding hydrogens is 312 g/mol. The average Bonchev–Trinajstić information content (AvgIpc) is 3.02. The molecule has 0 spiro atoms. The third-order valence-electron chi connectivity index (χ3n) is 4.20. The normalized spacial score (nSPS) is 15.1. The summed E-state index contributed by atoms with van der Waals surface area (Å²) in [6, 6.07) is 1.78. The summed E-state index contributed by atoms with van der Waals surface area (Å²) >= 11 is 1.72. The van der Waals surface area contributed by atoms with E-state index in [4.69, 9.17) is 0 Å². The summed E-state index contributed by atoms with van der Waals surface area (Å²) in [6.07, 6.45) is 0. The predicted octanol–water partition coefficient (Wildman–Crippen LogP) is 2.16. The molecule has 0 bridgehead atoms. The highest BCUT2D eigenvalue weighted by Crippen LogP contribution is 2.26. The molecule has 23 heavy (non-hydrogen) atoms. The Balaban J connectivity index is 1.56. The van der Waals surface area contributed by atoms with Gasteiger partial charge >= 0.3 is 6.03 Å². The molecule has 7 nitrogen and oxygen atoms in total. The van der Waals surface area contributed by atoms with E-state index in [1.54, 1.807) is 16.0 Å². The van der Waals surface area contributed by atoms with Crippen LogP contribution in [0, 0.1) is 20.8 Å². The van der Waals surface area contributed by atoms with Crippen molar-refractivity contribution < 1.29 is 4.79 Å². The highest BCUT2D eigenvalue weighted by atomic mass is 32.1. The number of rotatable bonds is 2. The van der Waals surface area contributed by atoms with Crippen LogP contribution >= 0.6 is 11.3 Å². The number of nitrogens with zero attached hydrogens (tertiary/aromatic N) is 5. The Kier molecular flexibility index (Phi) is 4.25. The second-order valence-electron chi connectivity index (χ2n) is 5.84. The van der Waals surface area contributed by atoms with E-state index in [0.717, 1.165) is 29.6 Å². The summed E-state index contributed by atoms with van der Waals surface area (Å²) in [4.78, 5) is 22.3. The second kappa shape index (κ2) is 6.19. The van der Waals surface area contributed by atoms with E-state index in [1.807, 2.05) is 31.9 Å². The van der Waals surface area contributed by atoms with E-state index in [2.05, 4.69) is 27.2 Å². The van der Waals surface area contributed by atoms with Gasteiger partial charge in [-0.3, -0.25) is 10.00 Å². The molecular formula is C15H22N6OS. The van der Waals surface area contributed by atoms with Crippen LogP contribution in [-0.4, -0.2) is 51.9 Å². The average molecular weight is 334 g/mol. The van der Waals surface area contributed by atoms with Gasteiger partial charge in [0, 0.05) is 49.9 Å². The molecule has 0 aliphatic carbocycles. The minimum absolute atomic E-state index is 0.0887. The van der Waals surface area contributed by atoms with Crippen LogP contribution in [0.1, 0.15) is 16.3 Å². The van der Waals surface area contributed by atoms with Gasteiger partial charge in [0.15, 0.2) is 10.9 Å². The number of urea groups is 1. The smallest absolute Gasteiger partial charge is 0.323 e. The fraction of sp³-hybridized carbons (Fsp3) is 0.533. The molecule has 3 heterocycles. The fourth-order valence-corrected chi connectivity index (χ4v) is 3.46. The van der Waals surface area contributed by atoms with E-state index in [0.29, 0.717) is 18.9 Å². The third kappa shape index (κ3) is 3.31. The molecule has 1 aliphatic rings. The number of hydrogen-bond donors (Lipinski definition) is 1. The number of anilines is 2. The molecule has 2 aromatic heterocycles. The van der Waals surface area contributed by atoms with Gasteiger partial charge in [0.2, 0.25) is 0 Å². The largest absolute Gasteiger partial charge is 0.345 e. The Morgan fingerprint density at radius 2 is 1.91 bits per heavy atom. The first kappa shape index (κ1) is 15.8. The van der Waals surface area contributed by atoms with Gasteiger partial charge in [-0.2, -0.15) is 5.10 Å². The second-order valence-corrected chi connectivity index (χ2v) is 7.02. The highest BCUT2D eigenvalue weighted by Gasteiger charge is 2.23. The van der Waals surface area contributed by atoms with Gasteiger partial charge < -0.3 is 9.80 Å². The molecule has 1 saturated heterocycles. The van der Waals surface area contributed by atoms with Gasteiger partial charge in [0.25, 0.3) is 0 Å². The number of piperazine rings is 1. The molecule has 1 N–H and O–H groups in total. The predicted molar refractivity (Wildman–Crippen MR) is 92.3 cm³/mol. The minimum atomic E-state index is -0.0887. The first-order chi connectivity index (χ1) is 10.9. The first-order valence-corrected chi connectivity index (χ1v) is 8.51. The van der Waals surface area contributed by atoms with Crippen LogP contribution in [-0.2, 0) is 7.05 Å². The van der Waals surface area contributed by atoms with Crippen molar-refractivity contribution in [2.24, 2.45) is 7.05 Å². The number of carbonyl (C=O) groups excluding carboxylic acids is 1. The van der Waals surface area contributed by atoms with Crippen LogP contribution in [0.15, 0.2) is 6.07 Å². The zero-order chi connectivity index (χ0) is 16.6. The number of amides is 2. The molecule has 8 heteroatoms. The van der Waals surface area contributed by atoms with Crippen LogP contribution < -0.4 is 10.2 Å². The van der Waals surface area contributed by atoms with Crippen molar-refractivity contribution in [3.05, 3.63) is 22.3 Å². The molecule has 1 aliphatic heterocycles. The number of hydrogen-bond acceptors (Lipinski definition) is 5. The maximum Gasteiger partial charge on any atom is 0.323 e. The lowest BCUT2D eigenvalue weighted by Gasteiger charge is -2.34. The molecule has 1 fully saturated rings. The Hall–Kier alpha value is -2.09. The van der Waals surface area contributed by atoms with E-state index in [-0.39, 0.29) is 6.03 Å². The number of aromatic nitrogens is 3. The first-order valence-electron chi connectivity index (χ1n) is 7.69. The summed E-state index contributed by atoms with van der Waals surface area (Å²) in [5.41, 5.74) is 2.11. The molecule has 0 atom stereocenters. The fourth-order valence-electron chi connectivity index (χ4n) is 2.50. The number of carbonyl (C=O) groups is 1. The Bertz CT molecular complexity index is 675. The van der Waals surface area contributed by atoms with E-state index < -0.39 is 0 Å². The quantitative estimate of drug-likeness (QED) is 0.914. The highest BCUT2D eigenvalue weighted by molar-refractivity contribution is 7.15. The van der Waals surface area contributed by atoms with Crippen molar-refractivity contribution in [3.8, 4) is 0 Å². The van der Waals surface area contributed by atoms with Gasteiger partial charge in [-0.15, -0.1) is 11.3 Å². The lowest BCUT2D eigenvalue weighted by atomic mass is 10.3. The lowest BCUT2D eigenvalue weighted by molar-refractivity contribution is 0.208. The van der Waals surface area contributed by atoms with Gasteiger partial charge in [-0.1, -0.05) is 0 Å². The van der Waals surface area contributed by atoms with Crippen molar-refractivity contribution >= 4 is 28.3 Å². The number of thiazole rings is 1. The van der Waals surface area contributed by atoms with E-state index in [1.165, 1.54) is 4.88 Å². The molecule has 3 rings (SSSR count). The van der Waals surface area contributed by atoms with Crippen LogP contribution in [0.3, 0.4) is 0 Å². The summed E-state index contributed by atoms with van der Waals surface area (Å²) in [7, 11) is 1.86. The van der Waals surface area contributed by atoms with Crippen LogP contribution in [0.25, 0.3) is 0 Å². The summed E-state index contributed by atoms with van der Waals surface area (Å²) < 4.78 is 1.75. The monoisotopic (exact) mass is 334 g/mol. The zero-order valence-corrected chi connectivity index (χ0v) is 14.8. The molecule has 124 valence electrons. The van der Waals surface area contributed by atoms with Gasteiger partial charge in [-0.05, 0) is 20.8 Å². The van der Waals surface area contributed by atoms with Gasteiger partial charge in [-0.25, -0.2) is 9.78 Å². The Labute approximate surface area is 139 Å². The SMILES string of the molecule is Cc1nc(N2CCN(C(=O)Nc3cc(C)n(C)n3)CC2)sc1C. The topological polar surface area (TPSA) is 66.3 Å². The molecule has 2 aromatic rings. The van der Waals surface area contributed by atoms with Crippen molar-refractivity contribution in [2.75, 3.05) is 36.4 Å². The summed E-state index contributed by atoms with van der Waals surface area (Å²) in [5.74, 6) is 0.601. The third-order valence-corrected chi connectivity index (χ3v) is 5.34. The Morgan fingerprint density at radius 1 is 1.22 bits per heavy atom. The molecule has 0 saturated carbocycles. The molecule has 0 aromatic carbocycles. The summed E-state index contributed by atoms with van der Waals surface area (Å²) in [5, 5.41) is 8.18. The van der Waals surface area contributed by atoms with Gasteiger partial charge in [0.1, 0.15) is 0 Å². The maximum absolute atomic E-state index is 12.3. The minimum Gasteiger partial charge on any atom is -0.345 e. The van der Waals surface area contributed by atoms with E-state index >= 15 is 0 Å². The van der Waals surface area contributed by atoms with Crippen molar-refractivity contribution in [1.29, 1.82) is 0 Å². The van der Waals surface area contributed by atoms with Crippen molar-refractivity contribution in [3.63, 3.8) is 0 Å².